The van der Waals surface area contributed by atoms with Gasteiger partial charge in [-0.2, -0.15) is 0 Å². The van der Waals surface area contributed by atoms with Gasteiger partial charge in [-0.1, -0.05) is 6.92 Å². The van der Waals surface area contributed by atoms with Crippen molar-refractivity contribution in [3.8, 4) is 0 Å². The zero-order chi connectivity index (χ0) is 10.1. The molecule has 1 saturated heterocycles. The van der Waals surface area contributed by atoms with E-state index in [-0.39, 0.29) is 17.5 Å². The average molecular weight is 196 g/mol. The van der Waals surface area contributed by atoms with Crippen LogP contribution in [0.25, 0.3) is 0 Å². The highest BCUT2D eigenvalue weighted by Gasteiger charge is 2.71. The van der Waals surface area contributed by atoms with Gasteiger partial charge in [-0.3, -0.25) is 4.79 Å². The highest BCUT2D eigenvalue weighted by Crippen LogP contribution is 2.66. The lowest BCUT2D eigenvalue weighted by atomic mass is 9.67. The van der Waals surface area contributed by atoms with Gasteiger partial charge in [0.15, 0.2) is 0 Å². The van der Waals surface area contributed by atoms with E-state index in [1.165, 1.54) is 0 Å². The molecule has 3 nitrogen and oxygen atoms in total. The van der Waals surface area contributed by atoms with Crippen LogP contribution < -0.4 is 0 Å². The predicted molar refractivity (Wildman–Crippen MR) is 49.4 cm³/mol. The number of ether oxygens (including phenoxy) is 1. The second-order valence-corrected chi connectivity index (χ2v) is 5.48. The minimum absolute atomic E-state index is 0.0394. The van der Waals surface area contributed by atoms with E-state index in [0.717, 1.165) is 12.8 Å². The van der Waals surface area contributed by atoms with Gasteiger partial charge in [0.05, 0.1) is 5.60 Å². The molecule has 0 spiro atoms. The molecule has 2 aliphatic carbocycles. The normalized spacial score (nSPS) is 60.2. The molecule has 2 bridgehead atoms. The van der Waals surface area contributed by atoms with Crippen LogP contribution in [0.2, 0.25) is 0 Å². The van der Waals surface area contributed by atoms with Crippen molar-refractivity contribution in [2.75, 3.05) is 0 Å². The van der Waals surface area contributed by atoms with Crippen LogP contribution in [0.3, 0.4) is 0 Å². The number of hydrogen-bond acceptors (Lipinski definition) is 3. The summed E-state index contributed by atoms with van der Waals surface area (Å²) in [5, 5.41) is 10.5. The highest BCUT2D eigenvalue weighted by atomic mass is 16.5. The lowest BCUT2D eigenvalue weighted by molar-refractivity contribution is -0.181. The molecule has 78 valence electrons. The Morgan fingerprint density at radius 1 is 1.36 bits per heavy atom. The van der Waals surface area contributed by atoms with E-state index in [1.807, 2.05) is 6.92 Å². The lowest BCUT2D eigenvalue weighted by Crippen LogP contribution is -2.51. The van der Waals surface area contributed by atoms with Crippen molar-refractivity contribution >= 4 is 5.97 Å². The molecule has 3 aliphatic rings. The zero-order valence-electron chi connectivity index (χ0n) is 8.62. The second kappa shape index (κ2) is 2.16. The molecular formula is C11H16O3. The molecule has 0 aromatic rings. The molecule has 0 amide bonds. The van der Waals surface area contributed by atoms with Crippen LogP contribution in [-0.4, -0.2) is 22.8 Å². The van der Waals surface area contributed by atoms with E-state index < -0.39 is 5.60 Å². The molecule has 0 unspecified atom stereocenters. The predicted octanol–water partition coefficient (Wildman–Crippen LogP) is 1.10. The molecule has 0 radical (unpaired) electrons. The molecule has 3 rings (SSSR count). The summed E-state index contributed by atoms with van der Waals surface area (Å²) < 4.78 is 5.35. The van der Waals surface area contributed by atoms with Crippen molar-refractivity contribution in [1.29, 1.82) is 0 Å². The Balaban J connectivity index is 2.07. The van der Waals surface area contributed by atoms with Crippen LogP contribution in [0, 0.1) is 17.3 Å². The van der Waals surface area contributed by atoms with Crippen molar-refractivity contribution < 1.29 is 14.6 Å². The van der Waals surface area contributed by atoms with Crippen LogP contribution in [0.15, 0.2) is 0 Å². The van der Waals surface area contributed by atoms with Gasteiger partial charge in [0, 0.05) is 11.8 Å². The maximum Gasteiger partial charge on any atom is 0.306 e. The first-order valence-corrected chi connectivity index (χ1v) is 5.38. The third-order valence-corrected chi connectivity index (χ3v) is 5.16. The molecule has 1 N–H and O–H groups in total. The number of esters is 1. The molecule has 2 saturated carbocycles. The number of aliphatic hydroxyl groups is 1. The SMILES string of the molecule is C[C@@]12[C@@H]3CC(=O)O[C@@H]1C[C@@H](C3)[C@@]2(C)O. The molecule has 3 heteroatoms. The summed E-state index contributed by atoms with van der Waals surface area (Å²) in [5.74, 6) is 0.590. The molecule has 5 atom stereocenters. The largest absolute Gasteiger partial charge is 0.462 e. The summed E-state index contributed by atoms with van der Waals surface area (Å²) in [7, 11) is 0. The van der Waals surface area contributed by atoms with Crippen molar-refractivity contribution in [3.05, 3.63) is 0 Å². The van der Waals surface area contributed by atoms with Crippen molar-refractivity contribution in [2.45, 2.75) is 44.8 Å². The first-order valence-electron chi connectivity index (χ1n) is 5.38. The topological polar surface area (TPSA) is 46.5 Å². The minimum atomic E-state index is -0.636. The van der Waals surface area contributed by atoms with Crippen LogP contribution in [0.5, 0.6) is 0 Å². The molecule has 0 aromatic heterocycles. The Kier molecular flexibility index (Phi) is 1.34. The van der Waals surface area contributed by atoms with Crippen molar-refractivity contribution in [2.24, 2.45) is 17.3 Å². The Morgan fingerprint density at radius 3 is 2.64 bits per heavy atom. The van der Waals surface area contributed by atoms with Gasteiger partial charge in [-0.15, -0.1) is 0 Å². The third-order valence-electron chi connectivity index (χ3n) is 5.16. The zero-order valence-corrected chi connectivity index (χ0v) is 8.62. The van der Waals surface area contributed by atoms with Crippen molar-refractivity contribution in [3.63, 3.8) is 0 Å². The third kappa shape index (κ3) is 0.691. The molecule has 0 aromatic carbocycles. The number of hydrogen-bond donors (Lipinski definition) is 1. The number of carbonyl (C=O) groups is 1. The lowest BCUT2D eigenvalue weighted by Gasteiger charge is -2.45. The highest BCUT2D eigenvalue weighted by molar-refractivity contribution is 5.71. The fraction of sp³-hybridized carbons (Fsp3) is 0.909. The fourth-order valence-corrected chi connectivity index (χ4v) is 3.96. The first kappa shape index (κ1) is 8.72. The van der Waals surface area contributed by atoms with Crippen LogP contribution in [-0.2, 0) is 9.53 Å². The van der Waals surface area contributed by atoms with E-state index in [0.29, 0.717) is 18.3 Å². The Hall–Kier alpha value is -0.570. The van der Waals surface area contributed by atoms with Gasteiger partial charge in [-0.05, 0) is 31.6 Å². The van der Waals surface area contributed by atoms with E-state index in [2.05, 4.69) is 6.92 Å². The summed E-state index contributed by atoms with van der Waals surface area (Å²) in [4.78, 5) is 11.3. The molecular weight excluding hydrogens is 180 g/mol. The first-order chi connectivity index (χ1) is 6.46. The van der Waals surface area contributed by atoms with Crippen LogP contribution in [0.1, 0.15) is 33.1 Å². The van der Waals surface area contributed by atoms with E-state index in [4.69, 9.17) is 4.74 Å². The van der Waals surface area contributed by atoms with E-state index in [1.54, 1.807) is 0 Å². The smallest absolute Gasteiger partial charge is 0.306 e. The maximum absolute atomic E-state index is 11.3. The molecule has 14 heavy (non-hydrogen) atoms. The Labute approximate surface area is 83.4 Å². The Morgan fingerprint density at radius 2 is 2.07 bits per heavy atom. The minimum Gasteiger partial charge on any atom is -0.462 e. The van der Waals surface area contributed by atoms with Gasteiger partial charge in [0.25, 0.3) is 0 Å². The maximum atomic E-state index is 11.3. The number of carbonyl (C=O) groups excluding carboxylic acids is 1. The van der Waals surface area contributed by atoms with E-state index in [9.17, 15) is 9.90 Å². The summed E-state index contributed by atoms with van der Waals surface area (Å²) in [6.45, 7) is 4.00. The average Bonchev–Trinajstić information content (AvgIpc) is 2.33. The standard InChI is InChI=1S/C11H16O3/c1-10-6-3-7(11(10,2)13)4-8(10)14-9(12)5-6/h6-8,13H,3-5H2,1-2H3/t6-,7+,8+,10+,11+/m0/s1. The number of fused-ring (bicyclic) bond motifs is 1. The second-order valence-electron chi connectivity index (χ2n) is 5.48. The van der Waals surface area contributed by atoms with E-state index >= 15 is 0 Å². The molecule has 3 fully saturated rings. The van der Waals surface area contributed by atoms with Gasteiger partial charge in [0.1, 0.15) is 6.10 Å². The van der Waals surface area contributed by atoms with Gasteiger partial charge in [0.2, 0.25) is 0 Å². The molecule has 1 heterocycles. The number of rotatable bonds is 0. The van der Waals surface area contributed by atoms with Crippen molar-refractivity contribution in [1.82, 2.24) is 0 Å². The monoisotopic (exact) mass is 196 g/mol. The van der Waals surface area contributed by atoms with Gasteiger partial charge < -0.3 is 9.84 Å². The summed E-state index contributed by atoms with van der Waals surface area (Å²) in [6, 6.07) is 0. The van der Waals surface area contributed by atoms with Gasteiger partial charge in [-0.25, -0.2) is 0 Å². The Bertz CT molecular complexity index is 290. The summed E-state index contributed by atoms with van der Waals surface area (Å²) in [5.41, 5.74) is -0.825. The van der Waals surface area contributed by atoms with Gasteiger partial charge >= 0.3 is 5.97 Å². The van der Waals surface area contributed by atoms with Crippen LogP contribution >= 0.6 is 0 Å². The molecule has 1 aliphatic heterocycles. The van der Waals surface area contributed by atoms with Crippen LogP contribution in [0.4, 0.5) is 0 Å². The quantitative estimate of drug-likeness (QED) is 0.590. The summed E-state index contributed by atoms with van der Waals surface area (Å²) >= 11 is 0. The fourth-order valence-electron chi connectivity index (χ4n) is 3.96. The summed E-state index contributed by atoms with van der Waals surface area (Å²) in [6.07, 6.45) is 2.31.